The molecule has 0 heterocycles. The predicted molar refractivity (Wildman–Crippen MR) is 78.6 cm³/mol. The first-order valence-corrected chi connectivity index (χ1v) is 6.89. The average molecular weight is 312 g/mol. The molecule has 0 aromatic heterocycles. The zero-order chi connectivity index (χ0) is 14.5. The zero-order valence-corrected chi connectivity index (χ0v) is 12.0. The van der Waals surface area contributed by atoms with Crippen molar-refractivity contribution in [2.75, 3.05) is 0 Å². The Morgan fingerprint density at radius 3 is 2.60 bits per heavy atom. The number of hydrogen-bond donors (Lipinski definition) is 1. The van der Waals surface area contributed by atoms with Crippen LogP contribution in [0.3, 0.4) is 0 Å². The van der Waals surface area contributed by atoms with Gasteiger partial charge in [0, 0.05) is 12.4 Å². The van der Waals surface area contributed by atoms with E-state index in [1.807, 2.05) is 24.3 Å². The van der Waals surface area contributed by atoms with Gasteiger partial charge in [-0.15, -0.1) is 11.6 Å². The molecular weight excluding hydrogens is 300 g/mol. The number of benzene rings is 2. The molecule has 2 rings (SSSR count). The Morgan fingerprint density at radius 2 is 1.85 bits per heavy atom. The molecule has 5 heteroatoms. The predicted octanol–water partition coefficient (Wildman–Crippen LogP) is 4.15. The lowest BCUT2D eigenvalue weighted by molar-refractivity contribution is 0.0947. The van der Waals surface area contributed by atoms with E-state index in [9.17, 15) is 9.18 Å². The second kappa shape index (κ2) is 6.73. The molecule has 1 amide bonds. The average Bonchev–Trinajstić information content (AvgIpc) is 2.48. The largest absolute Gasteiger partial charge is 0.348 e. The van der Waals surface area contributed by atoms with Crippen molar-refractivity contribution in [1.29, 1.82) is 0 Å². The second-order valence-corrected chi connectivity index (χ2v) is 4.91. The molecule has 0 atom stereocenters. The van der Waals surface area contributed by atoms with Gasteiger partial charge in [0.2, 0.25) is 0 Å². The monoisotopic (exact) mass is 311 g/mol. The summed E-state index contributed by atoms with van der Waals surface area (Å²) in [6, 6.07) is 11.8. The summed E-state index contributed by atoms with van der Waals surface area (Å²) in [5.74, 6) is -0.799. The molecule has 2 aromatic rings. The van der Waals surface area contributed by atoms with Gasteiger partial charge in [-0.1, -0.05) is 41.9 Å². The van der Waals surface area contributed by atoms with Crippen molar-refractivity contribution in [1.82, 2.24) is 5.32 Å². The molecule has 0 fully saturated rings. The summed E-state index contributed by atoms with van der Waals surface area (Å²) in [6.07, 6.45) is 0. The molecule has 0 bridgehead atoms. The van der Waals surface area contributed by atoms with Gasteiger partial charge in [0.25, 0.3) is 5.91 Å². The normalized spacial score (nSPS) is 10.3. The maximum absolute atomic E-state index is 13.7. The number of carbonyl (C=O) groups excluding carboxylic acids is 1. The van der Waals surface area contributed by atoms with Gasteiger partial charge in [0.15, 0.2) is 5.82 Å². The van der Waals surface area contributed by atoms with Gasteiger partial charge in [-0.05, 0) is 23.3 Å². The lowest BCUT2D eigenvalue weighted by Gasteiger charge is -2.08. The Labute approximate surface area is 126 Å². The lowest BCUT2D eigenvalue weighted by Crippen LogP contribution is -2.23. The minimum absolute atomic E-state index is 0.0639. The van der Waals surface area contributed by atoms with Gasteiger partial charge in [-0.25, -0.2) is 4.39 Å². The van der Waals surface area contributed by atoms with E-state index in [0.717, 1.165) is 11.1 Å². The van der Waals surface area contributed by atoms with E-state index in [2.05, 4.69) is 5.32 Å². The first-order valence-electron chi connectivity index (χ1n) is 5.98. The number of carbonyl (C=O) groups is 1. The van der Waals surface area contributed by atoms with Crippen molar-refractivity contribution in [2.24, 2.45) is 0 Å². The molecule has 0 unspecified atom stereocenters. The number of rotatable bonds is 4. The lowest BCUT2D eigenvalue weighted by atomic mass is 10.1. The molecule has 2 aromatic carbocycles. The summed E-state index contributed by atoms with van der Waals surface area (Å²) in [5.41, 5.74) is 1.80. The minimum atomic E-state index is -0.707. The minimum Gasteiger partial charge on any atom is -0.348 e. The maximum Gasteiger partial charge on any atom is 0.254 e. The zero-order valence-electron chi connectivity index (χ0n) is 10.5. The fourth-order valence-electron chi connectivity index (χ4n) is 1.78. The van der Waals surface area contributed by atoms with E-state index < -0.39 is 11.7 Å². The fraction of sp³-hybridized carbons (Fsp3) is 0.133. The van der Waals surface area contributed by atoms with Gasteiger partial charge in [0.1, 0.15) is 0 Å². The van der Waals surface area contributed by atoms with E-state index in [-0.39, 0.29) is 10.6 Å². The summed E-state index contributed by atoms with van der Waals surface area (Å²) < 4.78 is 13.7. The van der Waals surface area contributed by atoms with Crippen molar-refractivity contribution in [3.8, 4) is 0 Å². The fourth-order valence-corrected chi connectivity index (χ4v) is 2.12. The van der Waals surface area contributed by atoms with Gasteiger partial charge in [-0.3, -0.25) is 4.79 Å². The van der Waals surface area contributed by atoms with E-state index in [1.54, 1.807) is 0 Å². The van der Waals surface area contributed by atoms with Crippen molar-refractivity contribution in [3.05, 3.63) is 70.0 Å². The third-order valence-corrected chi connectivity index (χ3v) is 3.40. The Balaban J connectivity index is 2.06. The molecule has 0 radical (unpaired) electrons. The maximum atomic E-state index is 13.7. The van der Waals surface area contributed by atoms with Crippen LogP contribution in [-0.2, 0) is 12.4 Å². The van der Waals surface area contributed by atoms with E-state index >= 15 is 0 Å². The van der Waals surface area contributed by atoms with Crippen molar-refractivity contribution >= 4 is 29.1 Å². The molecule has 0 spiro atoms. The van der Waals surface area contributed by atoms with Crippen molar-refractivity contribution in [2.45, 2.75) is 12.4 Å². The SMILES string of the molecule is O=C(NCc1cccc(CCl)c1)c1cccc(Cl)c1F. The molecule has 0 saturated heterocycles. The Kier molecular flexibility index (Phi) is 4.99. The summed E-state index contributed by atoms with van der Waals surface area (Å²) in [7, 11) is 0. The number of halogens is 3. The second-order valence-electron chi connectivity index (χ2n) is 4.24. The highest BCUT2D eigenvalue weighted by Gasteiger charge is 2.13. The Morgan fingerprint density at radius 1 is 1.15 bits per heavy atom. The number of nitrogens with one attached hydrogen (secondary N) is 1. The Hall–Kier alpha value is -1.58. The van der Waals surface area contributed by atoms with E-state index in [0.29, 0.717) is 12.4 Å². The first kappa shape index (κ1) is 14.8. The summed E-state index contributed by atoms with van der Waals surface area (Å²) in [6.45, 7) is 0.301. The highest BCUT2D eigenvalue weighted by molar-refractivity contribution is 6.31. The van der Waals surface area contributed by atoms with Crippen LogP contribution in [0.15, 0.2) is 42.5 Å². The van der Waals surface area contributed by atoms with Crippen LogP contribution in [0.25, 0.3) is 0 Å². The molecule has 0 aliphatic rings. The molecule has 0 aliphatic carbocycles. The first-order chi connectivity index (χ1) is 9.61. The van der Waals surface area contributed by atoms with Gasteiger partial charge < -0.3 is 5.32 Å². The van der Waals surface area contributed by atoms with Gasteiger partial charge >= 0.3 is 0 Å². The standard InChI is InChI=1S/C15H12Cl2FNO/c16-8-10-3-1-4-11(7-10)9-19-15(20)12-5-2-6-13(17)14(12)18/h1-7H,8-9H2,(H,19,20). The molecule has 20 heavy (non-hydrogen) atoms. The topological polar surface area (TPSA) is 29.1 Å². The van der Waals surface area contributed by atoms with Crippen LogP contribution in [0.2, 0.25) is 5.02 Å². The summed E-state index contributed by atoms with van der Waals surface area (Å²) in [4.78, 5) is 11.9. The van der Waals surface area contributed by atoms with Crippen LogP contribution in [0.5, 0.6) is 0 Å². The Bertz CT molecular complexity index is 631. The van der Waals surface area contributed by atoms with Crippen LogP contribution in [0.4, 0.5) is 4.39 Å². The van der Waals surface area contributed by atoms with Gasteiger partial charge in [0.05, 0.1) is 10.6 Å². The third kappa shape index (κ3) is 3.50. The molecule has 0 saturated carbocycles. The van der Waals surface area contributed by atoms with Crippen LogP contribution in [0.1, 0.15) is 21.5 Å². The van der Waals surface area contributed by atoms with Crippen LogP contribution < -0.4 is 5.32 Å². The highest BCUT2D eigenvalue weighted by atomic mass is 35.5. The molecule has 0 aliphatic heterocycles. The number of hydrogen-bond acceptors (Lipinski definition) is 1. The van der Waals surface area contributed by atoms with E-state index in [1.165, 1.54) is 18.2 Å². The molecule has 2 nitrogen and oxygen atoms in total. The molecular formula is C15H12Cl2FNO. The summed E-state index contributed by atoms with van der Waals surface area (Å²) in [5, 5.41) is 2.59. The van der Waals surface area contributed by atoms with Gasteiger partial charge in [-0.2, -0.15) is 0 Å². The van der Waals surface area contributed by atoms with Crippen molar-refractivity contribution < 1.29 is 9.18 Å². The van der Waals surface area contributed by atoms with Crippen LogP contribution in [-0.4, -0.2) is 5.91 Å². The quantitative estimate of drug-likeness (QED) is 0.844. The molecule has 104 valence electrons. The van der Waals surface area contributed by atoms with Crippen LogP contribution in [0, 0.1) is 5.82 Å². The third-order valence-electron chi connectivity index (χ3n) is 2.79. The number of alkyl halides is 1. The van der Waals surface area contributed by atoms with Crippen LogP contribution >= 0.6 is 23.2 Å². The van der Waals surface area contributed by atoms with Crippen molar-refractivity contribution in [3.63, 3.8) is 0 Å². The summed E-state index contributed by atoms with van der Waals surface area (Å²) >= 11 is 11.4. The smallest absolute Gasteiger partial charge is 0.254 e. The highest BCUT2D eigenvalue weighted by Crippen LogP contribution is 2.17. The van der Waals surface area contributed by atoms with E-state index in [4.69, 9.17) is 23.2 Å². The number of amides is 1. The molecule has 1 N–H and O–H groups in total.